The van der Waals surface area contributed by atoms with E-state index in [1.165, 1.54) is 10.5 Å². The zero-order chi connectivity index (χ0) is 17.9. The molecule has 2 fully saturated rings. The Morgan fingerprint density at radius 3 is 2.00 bits per heavy atom. The highest BCUT2D eigenvalue weighted by Crippen LogP contribution is 2.35. The number of piperazine rings is 1. The number of nitrogens with zero attached hydrogens (tertiary/aromatic N) is 3. The normalized spacial score (nSPS) is 27.2. The molecule has 2 amide bonds. The lowest BCUT2D eigenvalue weighted by atomic mass is 9.85. The third-order valence-corrected chi connectivity index (χ3v) is 5.96. The van der Waals surface area contributed by atoms with Crippen LogP contribution in [0.4, 0.5) is 0 Å². The molecule has 2 aliphatic heterocycles. The Kier molecular flexibility index (Phi) is 5.18. The van der Waals surface area contributed by atoms with E-state index in [0.717, 1.165) is 52.0 Å². The van der Waals surface area contributed by atoms with Gasteiger partial charge in [-0.2, -0.15) is 0 Å². The quantitative estimate of drug-likeness (QED) is 0.598. The van der Waals surface area contributed by atoms with E-state index < -0.39 is 0 Å². The summed E-state index contributed by atoms with van der Waals surface area (Å²) in [6.07, 6.45) is 6.60. The van der Waals surface area contributed by atoms with Gasteiger partial charge in [0.05, 0.1) is 18.5 Å². The molecular weight excluding hydrogens is 326 g/mol. The van der Waals surface area contributed by atoms with Gasteiger partial charge in [-0.05, 0) is 24.8 Å². The first-order chi connectivity index (χ1) is 12.7. The second-order valence-corrected chi connectivity index (χ2v) is 7.60. The van der Waals surface area contributed by atoms with Crippen molar-refractivity contribution in [3.63, 3.8) is 0 Å². The van der Waals surface area contributed by atoms with E-state index >= 15 is 0 Å². The number of amides is 2. The average Bonchev–Trinajstić information content (AvgIpc) is 2.93. The smallest absolute Gasteiger partial charge is 0.234 e. The van der Waals surface area contributed by atoms with Crippen LogP contribution in [0.5, 0.6) is 0 Å². The number of imide groups is 1. The van der Waals surface area contributed by atoms with Crippen molar-refractivity contribution in [3.8, 4) is 0 Å². The minimum Gasteiger partial charge on any atom is -0.300 e. The molecule has 1 aromatic rings. The van der Waals surface area contributed by atoms with Gasteiger partial charge in [-0.25, -0.2) is 0 Å². The lowest BCUT2D eigenvalue weighted by molar-refractivity contribution is -0.142. The van der Waals surface area contributed by atoms with Crippen LogP contribution in [0.3, 0.4) is 0 Å². The third-order valence-electron chi connectivity index (χ3n) is 5.96. The van der Waals surface area contributed by atoms with Crippen molar-refractivity contribution in [1.29, 1.82) is 0 Å². The lowest BCUT2D eigenvalue weighted by Crippen LogP contribution is -2.51. The maximum atomic E-state index is 12.6. The minimum atomic E-state index is -0.111. The lowest BCUT2D eigenvalue weighted by Gasteiger charge is -2.36. The van der Waals surface area contributed by atoms with E-state index in [2.05, 4.69) is 40.1 Å². The Balaban J connectivity index is 1.25. The molecule has 2 heterocycles. The molecule has 0 N–H and O–H groups in total. The standard InChI is InChI=1S/C21H27N3O2/c25-20-18-8-4-5-9-19(18)21(26)24(20)16-23-14-12-22(13-15-23)11-10-17-6-2-1-3-7-17/h1-7,18-19H,8-16H2/t18-,19+. The Morgan fingerprint density at radius 1 is 0.808 bits per heavy atom. The highest BCUT2D eigenvalue weighted by Gasteiger charge is 2.47. The van der Waals surface area contributed by atoms with Gasteiger partial charge in [0.2, 0.25) is 11.8 Å². The fourth-order valence-corrected chi connectivity index (χ4v) is 4.29. The molecule has 0 aromatic heterocycles. The van der Waals surface area contributed by atoms with Crippen LogP contribution in [-0.4, -0.2) is 65.9 Å². The Morgan fingerprint density at radius 2 is 1.38 bits per heavy atom. The summed E-state index contributed by atoms with van der Waals surface area (Å²) in [5, 5.41) is 0. The number of hydrogen-bond donors (Lipinski definition) is 0. The summed E-state index contributed by atoms with van der Waals surface area (Å²) in [6, 6.07) is 10.6. The second kappa shape index (κ2) is 7.72. The van der Waals surface area contributed by atoms with Crippen LogP contribution in [0, 0.1) is 11.8 Å². The molecule has 2 saturated heterocycles. The molecule has 0 radical (unpaired) electrons. The van der Waals surface area contributed by atoms with Crippen molar-refractivity contribution in [2.75, 3.05) is 39.4 Å². The fraction of sp³-hybridized carbons (Fsp3) is 0.524. The number of fused-ring (bicyclic) bond motifs is 1. The molecule has 1 aliphatic carbocycles. The first-order valence-corrected chi connectivity index (χ1v) is 9.71. The molecule has 0 unspecified atom stereocenters. The van der Waals surface area contributed by atoms with E-state index in [0.29, 0.717) is 6.67 Å². The van der Waals surface area contributed by atoms with Crippen LogP contribution in [-0.2, 0) is 16.0 Å². The number of carbonyl (C=O) groups is 2. The summed E-state index contributed by atoms with van der Waals surface area (Å²) < 4.78 is 0. The van der Waals surface area contributed by atoms with Gasteiger partial charge in [0.1, 0.15) is 0 Å². The SMILES string of the molecule is O=C1[C@H]2CC=CC[C@H]2C(=O)N1CN1CCN(CCc2ccccc2)CC1. The fourth-order valence-electron chi connectivity index (χ4n) is 4.29. The minimum absolute atomic E-state index is 0.0378. The Labute approximate surface area is 155 Å². The number of rotatable bonds is 5. The molecule has 5 nitrogen and oxygen atoms in total. The Bertz CT molecular complexity index is 654. The predicted octanol–water partition coefficient (Wildman–Crippen LogP) is 1.76. The highest BCUT2D eigenvalue weighted by molar-refractivity contribution is 6.05. The molecule has 4 rings (SSSR count). The van der Waals surface area contributed by atoms with Crippen LogP contribution in [0.2, 0.25) is 0 Å². The zero-order valence-electron chi connectivity index (χ0n) is 15.2. The van der Waals surface area contributed by atoms with E-state index in [1.807, 2.05) is 12.2 Å². The topological polar surface area (TPSA) is 43.9 Å². The van der Waals surface area contributed by atoms with Crippen molar-refractivity contribution in [1.82, 2.24) is 14.7 Å². The van der Waals surface area contributed by atoms with Gasteiger partial charge < -0.3 is 4.90 Å². The first-order valence-electron chi connectivity index (χ1n) is 9.71. The summed E-state index contributed by atoms with van der Waals surface area (Å²) >= 11 is 0. The number of carbonyl (C=O) groups excluding carboxylic acids is 2. The van der Waals surface area contributed by atoms with Gasteiger partial charge in [-0.1, -0.05) is 42.5 Å². The van der Waals surface area contributed by atoms with Crippen molar-refractivity contribution >= 4 is 11.8 Å². The van der Waals surface area contributed by atoms with E-state index in [9.17, 15) is 9.59 Å². The van der Waals surface area contributed by atoms with Crippen LogP contribution in [0.1, 0.15) is 18.4 Å². The van der Waals surface area contributed by atoms with E-state index in [1.54, 1.807) is 0 Å². The van der Waals surface area contributed by atoms with Gasteiger partial charge in [0, 0.05) is 32.7 Å². The summed E-state index contributed by atoms with van der Waals surface area (Å²) in [5.41, 5.74) is 1.37. The van der Waals surface area contributed by atoms with Gasteiger partial charge in [-0.3, -0.25) is 19.4 Å². The van der Waals surface area contributed by atoms with Crippen LogP contribution in [0.15, 0.2) is 42.5 Å². The molecule has 0 bridgehead atoms. The largest absolute Gasteiger partial charge is 0.300 e. The molecule has 0 saturated carbocycles. The van der Waals surface area contributed by atoms with E-state index in [4.69, 9.17) is 0 Å². The maximum Gasteiger partial charge on any atom is 0.234 e. The van der Waals surface area contributed by atoms with Crippen molar-refractivity contribution in [2.45, 2.75) is 19.3 Å². The highest BCUT2D eigenvalue weighted by atomic mass is 16.2. The molecule has 26 heavy (non-hydrogen) atoms. The average molecular weight is 353 g/mol. The Hall–Kier alpha value is -1.98. The summed E-state index contributed by atoms with van der Waals surface area (Å²) in [7, 11) is 0. The monoisotopic (exact) mass is 353 g/mol. The van der Waals surface area contributed by atoms with Gasteiger partial charge >= 0.3 is 0 Å². The second-order valence-electron chi connectivity index (χ2n) is 7.60. The number of likely N-dealkylation sites (tertiary alicyclic amines) is 1. The predicted molar refractivity (Wildman–Crippen MR) is 100 cm³/mol. The first kappa shape index (κ1) is 17.4. The van der Waals surface area contributed by atoms with Crippen molar-refractivity contribution in [3.05, 3.63) is 48.0 Å². The van der Waals surface area contributed by atoms with Crippen LogP contribution >= 0.6 is 0 Å². The van der Waals surface area contributed by atoms with E-state index in [-0.39, 0.29) is 23.7 Å². The van der Waals surface area contributed by atoms with Crippen molar-refractivity contribution in [2.24, 2.45) is 11.8 Å². The number of benzene rings is 1. The molecular formula is C21H27N3O2. The molecule has 3 aliphatic rings. The molecule has 138 valence electrons. The van der Waals surface area contributed by atoms with Gasteiger partial charge in [0.15, 0.2) is 0 Å². The van der Waals surface area contributed by atoms with Crippen molar-refractivity contribution < 1.29 is 9.59 Å². The van der Waals surface area contributed by atoms with Crippen LogP contribution < -0.4 is 0 Å². The van der Waals surface area contributed by atoms with Crippen LogP contribution in [0.25, 0.3) is 0 Å². The third kappa shape index (κ3) is 3.60. The number of hydrogen-bond acceptors (Lipinski definition) is 4. The van der Waals surface area contributed by atoms with Gasteiger partial charge in [-0.15, -0.1) is 0 Å². The molecule has 2 atom stereocenters. The van der Waals surface area contributed by atoms with Gasteiger partial charge in [0.25, 0.3) is 0 Å². The molecule has 5 heteroatoms. The maximum absolute atomic E-state index is 12.6. The zero-order valence-corrected chi connectivity index (χ0v) is 15.2. The molecule has 1 aromatic carbocycles. The summed E-state index contributed by atoms with van der Waals surface area (Å²) in [4.78, 5) is 31.4. The summed E-state index contributed by atoms with van der Waals surface area (Å²) in [6.45, 7) is 5.36. The molecule has 0 spiro atoms. The number of allylic oxidation sites excluding steroid dienone is 2. The summed E-state index contributed by atoms with van der Waals surface area (Å²) in [5.74, 6) is -0.147.